The molecule has 0 rings (SSSR count). The van der Waals surface area contributed by atoms with E-state index < -0.39 is 46.8 Å². The Morgan fingerprint density at radius 2 is 1.22 bits per heavy atom. The smallest absolute Gasteiger partial charge is 0.235 e. The highest BCUT2D eigenvalue weighted by atomic mass is 32.3. The van der Waals surface area contributed by atoms with E-state index in [0.29, 0.717) is 12.8 Å². The molecule has 158 valence electrons. The van der Waals surface area contributed by atoms with Crippen LogP contribution in [-0.2, 0) is 29.3 Å². The second kappa shape index (κ2) is 12.5. The number of sulfone groups is 2. The lowest BCUT2D eigenvalue weighted by Gasteiger charge is -2.26. The largest absolute Gasteiger partial charge is 0.411 e. The number of hydrogen-bond acceptors (Lipinski definition) is 10. The van der Waals surface area contributed by atoms with E-state index in [0.717, 1.165) is 26.3 Å². The predicted molar refractivity (Wildman–Crippen MR) is 102 cm³/mol. The summed E-state index contributed by atoms with van der Waals surface area (Å²) in [6.07, 6.45) is 3.45. The van der Waals surface area contributed by atoms with E-state index in [-0.39, 0.29) is 12.8 Å². The lowest BCUT2D eigenvalue weighted by Crippen LogP contribution is -2.54. The van der Waals surface area contributed by atoms with Gasteiger partial charge in [-0.15, -0.1) is 0 Å². The van der Waals surface area contributed by atoms with E-state index in [1.54, 1.807) is 13.8 Å². The highest BCUT2D eigenvalue weighted by Gasteiger charge is 2.57. The van der Waals surface area contributed by atoms with Gasteiger partial charge in [0.15, 0.2) is 25.5 Å². The third-order valence-electron chi connectivity index (χ3n) is 3.65. The van der Waals surface area contributed by atoms with Crippen LogP contribution in [0.4, 0.5) is 0 Å². The van der Waals surface area contributed by atoms with E-state index in [2.05, 4.69) is 10.3 Å². The molecule has 0 aliphatic heterocycles. The first-order valence-corrected chi connectivity index (χ1v) is 11.5. The molecule has 0 bridgehead atoms. The molecule has 0 fully saturated rings. The Labute approximate surface area is 160 Å². The highest BCUT2D eigenvalue weighted by molar-refractivity contribution is 8.11. The minimum atomic E-state index is -4.27. The Balaban J connectivity index is 0. The minimum absolute atomic E-state index is 0.242. The van der Waals surface area contributed by atoms with Crippen LogP contribution in [0, 0.1) is 0 Å². The zero-order valence-corrected chi connectivity index (χ0v) is 17.6. The molecule has 0 atom stereocenters. The number of Topliss-reactive ketones (excluding diaryl/α,β-unsaturated/α-hetero) is 2. The first-order valence-electron chi connectivity index (χ1n) is 8.22. The van der Waals surface area contributed by atoms with Crippen molar-refractivity contribution >= 4 is 43.7 Å². The molecule has 0 aromatic rings. The summed E-state index contributed by atoms with van der Waals surface area (Å²) in [5.41, 5.74) is 0. The molecule has 0 spiro atoms. The van der Waals surface area contributed by atoms with Gasteiger partial charge < -0.3 is 10.4 Å². The molecule has 0 heterocycles. The number of ketones is 2. The molecule has 0 aliphatic rings. The van der Waals surface area contributed by atoms with Crippen molar-refractivity contribution in [3.8, 4) is 0 Å². The lowest BCUT2D eigenvalue weighted by atomic mass is 10.2. The maximum atomic E-state index is 12.4. The van der Waals surface area contributed by atoms with Crippen molar-refractivity contribution in [3.05, 3.63) is 0 Å². The fourth-order valence-corrected chi connectivity index (χ4v) is 6.93. The number of carbonyl (C=O) groups is 2. The molecule has 10 nitrogen and oxygen atoms in total. The quantitative estimate of drug-likeness (QED) is 0.214. The van der Waals surface area contributed by atoms with Crippen LogP contribution in [0.2, 0.25) is 0 Å². The van der Waals surface area contributed by atoms with Crippen molar-refractivity contribution in [2.75, 3.05) is 11.5 Å². The second-order valence-electron chi connectivity index (χ2n) is 5.70. The van der Waals surface area contributed by atoms with Crippen molar-refractivity contribution in [2.45, 2.75) is 57.5 Å². The van der Waals surface area contributed by atoms with Crippen LogP contribution in [-0.4, -0.2) is 66.8 Å². The van der Waals surface area contributed by atoms with Crippen LogP contribution in [0.5, 0.6) is 0 Å². The van der Waals surface area contributed by atoms with Crippen molar-refractivity contribution in [2.24, 2.45) is 10.3 Å². The molecule has 0 amide bonds. The van der Waals surface area contributed by atoms with E-state index >= 15 is 0 Å². The molecule has 0 unspecified atom stereocenters. The van der Waals surface area contributed by atoms with Gasteiger partial charge in [0.25, 0.3) is 0 Å². The van der Waals surface area contributed by atoms with Crippen molar-refractivity contribution < 1.29 is 36.8 Å². The molecule has 27 heavy (non-hydrogen) atoms. The average Bonchev–Trinajstić information content (AvgIpc) is 2.61. The number of unbranched alkanes of at least 4 members (excludes halogenated alkanes) is 2. The Bertz CT molecular complexity index is 692. The number of hydrogen-bond donors (Lipinski definition) is 2. The maximum Gasteiger partial charge on any atom is 0.235 e. The first-order chi connectivity index (χ1) is 12.4. The molecule has 2 N–H and O–H groups in total. The van der Waals surface area contributed by atoms with Crippen LogP contribution in [0.1, 0.15) is 53.4 Å². The van der Waals surface area contributed by atoms with Gasteiger partial charge in [-0.05, 0) is 19.8 Å². The number of nitrogens with zero attached hydrogens (tertiary/aromatic N) is 2. The lowest BCUT2D eigenvalue weighted by molar-refractivity contribution is -0.135. The molecular weight excluding hydrogens is 400 g/mol. The van der Waals surface area contributed by atoms with Crippen LogP contribution in [0.15, 0.2) is 10.3 Å². The topological polar surface area (TPSA) is 168 Å². The van der Waals surface area contributed by atoms with Gasteiger partial charge >= 0.3 is 0 Å². The van der Waals surface area contributed by atoms with Gasteiger partial charge in [0.2, 0.25) is 9.86 Å². The van der Waals surface area contributed by atoms with Gasteiger partial charge in [0, 0.05) is 6.92 Å². The summed E-state index contributed by atoms with van der Waals surface area (Å²) >= 11 is 0. The van der Waals surface area contributed by atoms with E-state index in [1.165, 1.54) is 0 Å². The van der Waals surface area contributed by atoms with Gasteiger partial charge in [-0.1, -0.05) is 37.0 Å². The summed E-state index contributed by atoms with van der Waals surface area (Å²) in [5.74, 6) is -3.28. The Kier molecular flexibility index (Phi) is 12.7. The van der Waals surface area contributed by atoms with E-state index in [4.69, 9.17) is 10.4 Å². The third-order valence-corrected chi connectivity index (χ3v) is 9.57. The number of oxime groups is 2. The SMILES string of the molecule is CCCCS(=O)(=O)C(C)(C(=O)C(C)=O)S(=O)(=O)CCCC.ON=CC=NO. The minimum Gasteiger partial charge on any atom is -0.411 e. The van der Waals surface area contributed by atoms with Crippen molar-refractivity contribution in [1.29, 1.82) is 0 Å². The summed E-state index contributed by atoms with van der Waals surface area (Å²) in [6.45, 7) is 5.26. The van der Waals surface area contributed by atoms with Gasteiger partial charge in [-0.2, -0.15) is 0 Å². The summed E-state index contributed by atoms with van der Waals surface area (Å²) in [6, 6.07) is 0. The monoisotopic (exact) mass is 428 g/mol. The Hall–Kier alpha value is -1.82. The molecule has 0 saturated heterocycles. The van der Waals surface area contributed by atoms with E-state index in [9.17, 15) is 26.4 Å². The highest BCUT2D eigenvalue weighted by Crippen LogP contribution is 2.29. The van der Waals surface area contributed by atoms with Crippen LogP contribution < -0.4 is 0 Å². The van der Waals surface area contributed by atoms with Gasteiger partial charge in [0.1, 0.15) is 0 Å². The number of rotatable bonds is 11. The zero-order valence-electron chi connectivity index (χ0n) is 16.0. The fourth-order valence-electron chi connectivity index (χ4n) is 1.91. The summed E-state index contributed by atoms with van der Waals surface area (Å²) in [7, 11) is -8.55. The molecule has 0 aromatic carbocycles. The molecule has 0 aliphatic carbocycles. The molecule has 0 radical (unpaired) electrons. The second-order valence-corrected chi connectivity index (χ2v) is 10.9. The summed E-state index contributed by atoms with van der Waals surface area (Å²) in [5, 5.41) is 20.1. The van der Waals surface area contributed by atoms with Crippen molar-refractivity contribution in [1.82, 2.24) is 0 Å². The normalized spacial score (nSPS) is 12.7. The molecule has 0 saturated carbocycles. The molecule has 0 aromatic heterocycles. The molecule has 12 heteroatoms. The van der Waals surface area contributed by atoms with Crippen molar-refractivity contribution in [3.63, 3.8) is 0 Å². The molecular formula is C15H28N2O8S2. The van der Waals surface area contributed by atoms with Gasteiger partial charge in [-0.25, -0.2) is 16.8 Å². The third kappa shape index (κ3) is 7.75. The average molecular weight is 429 g/mol. The van der Waals surface area contributed by atoms with Crippen LogP contribution in [0.3, 0.4) is 0 Å². The van der Waals surface area contributed by atoms with E-state index in [1.807, 2.05) is 0 Å². The fraction of sp³-hybridized carbons (Fsp3) is 0.733. The van der Waals surface area contributed by atoms with Crippen LogP contribution in [0.25, 0.3) is 0 Å². The van der Waals surface area contributed by atoms with Gasteiger partial charge in [0.05, 0.1) is 23.9 Å². The van der Waals surface area contributed by atoms with Gasteiger partial charge in [-0.3, -0.25) is 9.59 Å². The summed E-state index contributed by atoms with van der Waals surface area (Å²) in [4.78, 5) is 23.4. The Morgan fingerprint density at radius 1 is 0.889 bits per heavy atom. The maximum absolute atomic E-state index is 12.4. The zero-order chi connectivity index (χ0) is 21.7. The summed E-state index contributed by atoms with van der Waals surface area (Å²) < 4.78 is 47.0. The Morgan fingerprint density at radius 3 is 1.44 bits per heavy atom. The first kappa shape index (κ1) is 27.4. The standard InChI is InChI=1S/C13H24O6S2.C2H4N2O2/c1-5-7-9-20(16,17)13(4,12(15)11(3)14)21(18,19)10-8-6-2;5-3-1-2-4-6/h5-10H2,1-4H3;1-2,5-6H. The predicted octanol–water partition coefficient (Wildman–Crippen LogP) is 1.20. The van der Waals surface area contributed by atoms with Crippen LogP contribution >= 0.6 is 0 Å². The number of carbonyl (C=O) groups excluding carboxylic acids is 2.